The molecule has 37 heavy (non-hydrogen) atoms. The molecule has 3 amide bonds. The van der Waals surface area contributed by atoms with Crippen molar-refractivity contribution in [1.29, 1.82) is 0 Å². The van der Waals surface area contributed by atoms with Gasteiger partial charge in [0, 0.05) is 6.42 Å². The summed E-state index contributed by atoms with van der Waals surface area (Å²) < 4.78 is 0. The summed E-state index contributed by atoms with van der Waals surface area (Å²) in [6.07, 6.45) is 2.40. The highest BCUT2D eigenvalue weighted by atomic mass is 16.4. The van der Waals surface area contributed by atoms with Crippen molar-refractivity contribution in [2.45, 2.75) is 90.4 Å². The zero-order valence-corrected chi connectivity index (χ0v) is 22.5. The largest absolute Gasteiger partial charge is 0.480 e. The molecule has 0 aliphatic carbocycles. The molecule has 0 heterocycles. The van der Waals surface area contributed by atoms with E-state index in [0.29, 0.717) is 25.8 Å². The molecule has 0 bridgehead atoms. The maximum absolute atomic E-state index is 13.4. The number of unbranched alkanes of at least 4 members (excludes halogenated alkanes) is 1. The van der Waals surface area contributed by atoms with Gasteiger partial charge in [-0.25, -0.2) is 4.79 Å². The predicted molar refractivity (Wildman–Crippen MR) is 143 cm³/mol. The minimum Gasteiger partial charge on any atom is -0.480 e. The SMILES string of the molecule is CC(C)CC(N)C(=O)NC(Cc1ccccc1)C(=O)NC(CCCCN)C(=O)NC(CC(C)C)C(=O)O. The predicted octanol–water partition coefficient (Wildman–Crippen LogP) is 1.32. The summed E-state index contributed by atoms with van der Waals surface area (Å²) in [5.74, 6) is -2.46. The van der Waals surface area contributed by atoms with Crippen molar-refractivity contribution >= 4 is 23.7 Å². The van der Waals surface area contributed by atoms with E-state index < -0.39 is 47.9 Å². The van der Waals surface area contributed by atoms with Crippen LogP contribution in [0.1, 0.15) is 65.4 Å². The molecule has 0 radical (unpaired) electrons. The molecule has 0 spiro atoms. The quantitative estimate of drug-likeness (QED) is 0.168. The molecule has 10 nitrogen and oxygen atoms in total. The molecular formula is C27H45N5O5. The number of carboxylic acid groups (broad SMARTS) is 1. The Morgan fingerprint density at radius 1 is 0.784 bits per heavy atom. The van der Waals surface area contributed by atoms with Gasteiger partial charge in [-0.1, -0.05) is 58.0 Å². The Morgan fingerprint density at radius 3 is 1.86 bits per heavy atom. The number of amides is 3. The Balaban J connectivity index is 3.10. The Labute approximate surface area is 220 Å². The van der Waals surface area contributed by atoms with Gasteiger partial charge in [-0.05, 0) is 56.0 Å². The third-order valence-electron chi connectivity index (χ3n) is 5.88. The van der Waals surface area contributed by atoms with Crippen molar-refractivity contribution in [3.63, 3.8) is 0 Å². The first-order valence-corrected chi connectivity index (χ1v) is 13.1. The summed E-state index contributed by atoms with van der Waals surface area (Å²) in [6.45, 7) is 8.06. The number of rotatable bonds is 17. The molecule has 0 aliphatic rings. The lowest BCUT2D eigenvalue weighted by Crippen LogP contribution is -2.57. The van der Waals surface area contributed by atoms with Crippen LogP contribution in [0.3, 0.4) is 0 Å². The van der Waals surface area contributed by atoms with Gasteiger partial charge in [0.15, 0.2) is 0 Å². The van der Waals surface area contributed by atoms with Crippen LogP contribution >= 0.6 is 0 Å². The lowest BCUT2D eigenvalue weighted by Gasteiger charge is -2.26. The Hall–Kier alpha value is -2.98. The first-order chi connectivity index (χ1) is 17.4. The summed E-state index contributed by atoms with van der Waals surface area (Å²) in [7, 11) is 0. The minimum atomic E-state index is -1.14. The molecule has 1 aromatic carbocycles. The molecule has 0 saturated carbocycles. The van der Waals surface area contributed by atoms with Crippen LogP contribution < -0.4 is 27.4 Å². The van der Waals surface area contributed by atoms with E-state index in [9.17, 15) is 24.3 Å². The Morgan fingerprint density at radius 2 is 1.32 bits per heavy atom. The van der Waals surface area contributed by atoms with Crippen molar-refractivity contribution in [3.05, 3.63) is 35.9 Å². The van der Waals surface area contributed by atoms with Gasteiger partial charge in [0.05, 0.1) is 6.04 Å². The zero-order chi connectivity index (χ0) is 28.0. The first-order valence-electron chi connectivity index (χ1n) is 13.1. The van der Waals surface area contributed by atoms with Crippen molar-refractivity contribution < 1.29 is 24.3 Å². The van der Waals surface area contributed by atoms with Crippen LogP contribution in [0.2, 0.25) is 0 Å². The number of hydrogen-bond donors (Lipinski definition) is 6. The van der Waals surface area contributed by atoms with Crippen LogP contribution in [0.4, 0.5) is 0 Å². The molecule has 0 fully saturated rings. The summed E-state index contributed by atoms with van der Waals surface area (Å²) >= 11 is 0. The standard InChI is InChI=1S/C27H45N5O5/c1-17(2)14-20(29)24(33)31-22(16-19-10-6-5-7-11-19)26(35)30-21(12-8-9-13-28)25(34)32-23(27(36)37)15-18(3)4/h5-7,10-11,17-18,20-23H,8-9,12-16,28-29H2,1-4H3,(H,30,35)(H,31,33)(H,32,34)(H,36,37). The van der Waals surface area contributed by atoms with Gasteiger partial charge in [-0.3, -0.25) is 14.4 Å². The molecule has 208 valence electrons. The van der Waals surface area contributed by atoms with Gasteiger partial charge in [0.2, 0.25) is 17.7 Å². The van der Waals surface area contributed by atoms with E-state index in [1.165, 1.54) is 0 Å². The molecule has 1 rings (SSSR count). The second kappa shape index (κ2) is 16.7. The first kappa shape index (κ1) is 32.0. The van der Waals surface area contributed by atoms with Crippen LogP contribution in [0.25, 0.3) is 0 Å². The molecule has 0 aromatic heterocycles. The molecule has 0 aliphatic heterocycles. The van der Waals surface area contributed by atoms with E-state index >= 15 is 0 Å². The lowest BCUT2D eigenvalue weighted by atomic mass is 10.0. The number of nitrogens with two attached hydrogens (primary N) is 2. The summed E-state index contributed by atoms with van der Waals surface area (Å²) in [4.78, 5) is 50.9. The maximum atomic E-state index is 13.4. The fourth-order valence-corrected chi connectivity index (χ4v) is 3.95. The number of carbonyl (C=O) groups excluding carboxylic acids is 3. The van der Waals surface area contributed by atoms with Crippen LogP contribution in [0.5, 0.6) is 0 Å². The summed E-state index contributed by atoms with van der Waals surface area (Å²) in [5.41, 5.74) is 12.5. The summed E-state index contributed by atoms with van der Waals surface area (Å²) in [5, 5.41) is 17.6. The number of carbonyl (C=O) groups is 4. The van der Waals surface area contributed by atoms with E-state index in [0.717, 1.165) is 5.56 Å². The number of aliphatic carboxylic acids is 1. The van der Waals surface area contributed by atoms with Crippen molar-refractivity contribution in [2.24, 2.45) is 23.3 Å². The molecule has 8 N–H and O–H groups in total. The van der Waals surface area contributed by atoms with E-state index in [4.69, 9.17) is 11.5 Å². The van der Waals surface area contributed by atoms with Crippen LogP contribution in [-0.4, -0.2) is 59.5 Å². The smallest absolute Gasteiger partial charge is 0.326 e. The highest BCUT2D eigenvalue weighted by molar-refractivity contribution is 5.94. The number of hydrogen-bond acceptors (Lipinski definition) is 6. The fourth-order valence-electron chi connectivity index (χ4n) is 3.95. The van der Waals surface area contributed by atoms with E-state index in [-0.39, 0.29) is 31.1 Å². The molecule has 4 atom stereocenters. The Kier molecular flexibility index (Phi) is 14.5. The Bertz CT molecular complexity index is 862. The van der Waals surface area contributed by atoms with E-state index in [1.807, 2.05) is 58.0 Å². The van der Waals surface area contributed by atoms with Crippen LogP contribution in [-0.2, 0) is 25.6 Å². The average molecular weight is 520 g/mol. The van der Waals surface area contributed by atoms with E-state index in [2.05, 4.69) is 16.0 Å². The van der Waals surface area contributed by atoms with Gasteiger partial charge >= 0.3 is 5.97 Å². The summed E-state index contributed by atoms with van der Waals surface area (Å²) in [6, 6.07) is 5.41. The highest BCUT2D eigenvalue weighted by Crippen LogP contribution is 2.10. The second-order valence-corrected chi connectivity index (χ2v) is 10.4. The van der Waals surface area contributed by atoms with Gasteiger partial charge in [-0.15, -0.1) is 0 Å². The van der Waals surface area contributed by atoms with Crippen molar-refractivity contribution in [2.75, 3.05) is 6.54 Å². The second-order valence-electron chi connectivity index (χ2n) is 10.4. The maximum Gasteiger partial charge on any atom is 0.326 e. The van der Waals surface area contributed by atoms with Crippen LogP contribution in [0.15, 0.2) is 30.3 Å². The normalized spacial score (nSPS) is 14.5. The monoisotopic (exact) mass is 519 g/mol. The van der Waals surface area contributed by atoms with Gasteiger partial charge < -0.3 is 32.5 Å². The zero-order valence-electron chi connectivity index (χ0n) is 22.5. The molecule has 4 unspecified atom stereocenters. The van der Waals surface area contributed by atoms with Gasteiger partial charge in [-0.2, -0.15) is 0 Å². The lowest BCUT2D eigenvalue weighted by molar-refractivity contribution is -0.142. The average Bonchev–Trinajstić information content (AvgIpc) is 2.82. The molecular weight excluding hydrogens is 474 g/mol. The van der Waals surface area contributed by atoms with Gasteiger partial charge in [0.25, 0.3) is 0 Å². The van der Waals surface area contributed by atoms with E-state index in [1.54, 1.807) is 0 Å². The topological polar surface area (TPSA) is 177 Å². The fraction of sp³-hybridized carbons (Fsp3) is 0.630. The molecule has 10 heteroatoms. The third kappa shape index (κ3) is 12.7. The number of nitrogens with one attached hydrogen (secondary N) is 3. The van der Waals surface area contributed by atoms with Crippen LogP contribution in [0, 0.1) is 11.8 Å². The minimum absolute atomic E-state index is 0.0483. The molecule has 1 aromatic rings. The highest BCUT2D eigenvalue weighted by Gasteiger charge is 2.30. The molecule has 0 saturated heterocycles. The number of carboxylic acids is 1. The van der Waals surface area contributed by atoms with Gasteiger partial charge in [0.1, 0.15) is 18.1 Å². The third-order valence-corrected chi connectivity index (χ3v) is 5.88. The van der Waals surface area contributed by atoms with Crippen molar-refractivity contribution in [1.82, 2.24) is 16.0 Å². The number of benzene rings is 1. The van der Waals surface area contributed by atoms with Crippen molar-refractivity contribution in [3.8, 4) is 0 Å².